The van der Waals surface area contributed by atoms with Gasteiger partial charge in [0.25, 0.3) is 0 Å². The molecule has 1 saturated carbocycles. The van der Waals surface area contributed by atoms with E-state index < -0.39 is 0 Å². The zero-order chi connectivity index (χ0) is 17.9. The summed E-state index contributed by atoms with van der Waals surface area (Å²) in [6, 6.07) is 9.10. The molecule has 0 bridgehead atoms. The van der Waals surface area contributed by atoms with Gasteiger partial charge in [-0.15, -0.1) is 0 Å². The van der Waals surface area contributed by atoms with Crippen molar-refractivity contribution in [3.05, 3.63) is 40.9 Å². The van der Waals surface area contributed by atoms with Crippen LogP contribution in [-0.4, -0.2) is 39.4 Å². The molecule has 0 radical (unpaired) electrons. The fourth-order valence-corrected chi connectivity index (χ4v) is 4.12. The second kappa shape index (κ2) is 7.92. The summed E-state index contributed by atoms with van der Waals surface area (Å²) < 4.78 is 10.3. The molecule has 2 aromatic rings. The van der Waals surface area contributed by atoms with Gasteiger partial charge in [-0.2, -0.15) is 5.10 Å². The molecular formula is C20H28N4OS. The van der Waals surface area contributed by atoms with Crippen molar-refractivity contribution in [3.8, 4) is 5.75 Å². The summed E-state index contributed by atoms with van der Waals surface area (Å²) in [7, 11) is 1.71. The third kappa shape index (κ3) is 4.18. The maximum Gasteiger partial charge on any atom is 0.199 e. The lowest BCUT2D eigenvalue weighted by Gasteiger charge is -2.31. The zero-order valence-corrected chi connectivity index (χ0v) is 16.3. The number of ether oxygens (including phenoxy) is 1. The average Bonchev–Trinajstić information content (AvgIpc) is 3.46. The molecule has 2 aliphatic rings. The number of hydrogen-bond donors (Lipinski definition) is 0. The number of nitrogens with zero attached hydrogens (tertiary/aromatic N) is 4. The summed E-state index contributed by atoms with van der Waals surface area (Å²) in [4.78, 5) is 2.49. The minimum absolute atomic E-state index is 0.611. The van der Waals surface area contributed by atoms with E-state index in [1.165, 1.54) is 37.7 Å². The molecule has 26 heavy (non-hydrogen) atoms. The summed E-state index contributed by atoms with van der Waals surface area (Å²) in [5.41, 5.74) is 1.41. The Balaban J connectivity index is 1.23. The Morgan fingerprint density at radius 2 is 1.85 bits per heavy atom. The van der Waals surface area contributed by atoms with Gasteiger partial charge in [-0.25, -0.2) is 4.68 Å². The fraction of sp³-hybridized carbons (Fsp3) is 0.600. The van der Waals surface area contributed by atoms with E-state index in [1.807, 2.05) is 11.0 Å². The summed E-state index contributed by atoms with van der Waals surface area (Å²) in [6.07, 6.45) is 9.39. The van der Waals surface area contributed by atoms with Crippen LogP contribution in [0.25, 0.3) is 0 Å². The second-order valence-electron chi connectivity index (χ2n) is 7.64. The topological polar surface area (TPSA) is 35.2 Å². The number of rotatable bonds is 7. The standard InChI is InChI=1S/C20H28N4OS/c1-25-19-8-4-16(5-9-19)2-3-17-10-12-22(13-11-17)15-24-20(26)23(14-21-24)18-6-7-18/h4-5,8-9,14,17-18H,2-3,6-7,10-13,15H2,1H3. The molecule has 0 N–H and O–H groups in total. The molecule has 1 aromatic heterocycles. The molecule has 0 amide bonds. The highest BCUT2D eigenvalue weighted by Crippen LogP contribution is 2.34. The van der Waals surface area contributed by atoms with E-state index in [-0.39, 0.29) is 0 Å². The van der Waals surface area contributed by atoms with Gasteiger partial charge in [0.15, 0.2) is 4.77 Å². The predicted octanol–water partition coefficient (Wildman–Crippen LogP) is 4.06. The minimum atomic E-state index is 0.611. The molecule has 2 heterocycles. The summed E-state index contributed by atoms with van der Waals surface area (Å²) in [5.74, 6) is 1.76. The van der Waals surface area contributed by atoms with Crippen molar-refractivity contribution in [2.75, 3.05) is 20.2 Å². The maximum atomic E-state index is 5.57. The van der Waals surface area contributed by atoms with Gasteiger partial charge in [0.2, 0.25) is 0 Å². The SMILES string of the molecule is COc1ccc(CCC2CCN(Cn3ncn(C4CC4)c3=S)CC2)cc1. The lowest BCUT2D eigenvalue weighted by Crippen LogP contribution is -2.35. The zero-order valence-electron chi connectivity index (χ0n) is 15.5. The Hall–Kier alpha value is -1.66. The first-order valence-electron chi connectivity index (χ1n) is 9.72. The van der Waals surface area contributed by atoms with Crippen LogP contribution >= 0.6 is 12.2 Å². The summed E-state index contributed by atoms with van der Waals surface area (Å²) in [5, 5.41) is 4.50. The first-order valence-corrected chi connectivity index (χ1v) is 10.1. The van der Waals surface area contributed by atoms with Crippen LogP contribution in [0.4, 0.5) is 0 Å². The number of aryl methyl sites for hydroxylation is 1. The van der Waals surface area contributed by atoms with Crippen molar-refractivity contribution in [3.63, 3.8) is 0 Å². The Morgan fingerprint density at radius 3 is 2.50 bits per heavy atom. The van der Waals surface area contributed by atoms with Gasteiger partial charge >= 0.3 is 0 Å². The molecule has 140 valence electrons. The molecule has 1 saturated heterocycles. The van der Waals surface area contributed by atoms with Gasteiger partial charge in [-0.05, 0) is 74.4 Å². The van der Waals surface area contributed by atoms with Crippen LogP contribution < -0.4 is 4.74 Å². The van der Waals surface area contributed by atoms with Gasteiger partial charge in [0, 0.05) is 19.1 Å². The van der Waals surface area contributed by atoms with Crippen molar-refractivity contribution in [1.82, 2.24) is 19.2 Å². The minimum Gasteiger partial charge on any atom is -0.497 e. The van der Waals surface area contributed by atoms with E-state index in [9.17, 15) is 0 Å². The van der Waals surface area contributed by atoms with E-state index in [2.05, 4.69) is 38.8 Å². The van der Waals surface area contributed by atoms with Gasteiger partial charge in [0.1, 0.15) is 12.1 Å². The highest BCUT2D eigenvalue weighted by Gasteiger charge is 2.25. The first-order chi connectivity index (χ1) is 12.7. The molecule has 1 aliphatic carbocycles. The van der Waals surface area contributed by atoms with E-state index in [0.717, 1.165) is 42.6 Å². The number of methoxy groups -OCH3 is 1. The van der Waals surface area contributed by atoms with Crippen LogP contribution in [-0.2, 0) is 13.1 Å². The third-order valence-electron chi connectivity index (χ3n) is 5.74. The molecule has 1 aromatic carbocycles. The van der Waals surface area contributed by atoms with Crippen molar-refractivity contribution < 1.29 is 4.74 Å². The smallest absolute Gasteiger partial charge is 0.199 e. The van der Waals surface area contributed by atoms with Crippen LogP contribution in [0.15, 0.2) is 30.6 Å². The summed E-state index contributed by atoms with van der Waals surface area (Å²) in [6.45, 7) is 3.13. The van der Waals surface area contributed by atoms with Gasteiger partial charge in [0.05, 0.1) is 13.8 Å². The van der Waals surface area contributed by atoms with Crippen molar-refractivity contribution in [1.29, 1.82) is 0 Å². The lowest BCUT2D eigenvalue weighted by atomic mass is 9.91. The first kappa shape index (κ1) is 17.7. The quantitative estimate of drug-likeness (QED) is 0.687. The maximum absolute atomic E-state index is 5.57. The Kier molecular flexibility index (Phi) is 5.41. The normalized spacial score (nSPS) is 19.0. The largest absolute Gasteiger partial charge is 0.497 e. The van der Waals surface area contributed by atoms with Crippen molar-refractivity contribution in [2.24, 2.45) is 5.92 Å². The molecule has 4 rings (SSSR count). The second-order valence-corrected chi connectivity index (χ2v) is 8.01. The number of benzene rings is 1. The van der Waals surface area contributed by atoms with Crippen LogP contribution in [0.3, 0.4) is 0 Å². The van der Waals surface area contributed by atoms with Crippen LogP contribution in [0.1, 0.15) is 43.7 Å². The molecule has 5 nitrogen and oxygen atoms in total. The number of likely N-dealkylation sites (tertiary alicyclic amines) is 1. The van der Waals surface area contributed by atoms with Crippen molar-refractivity contribution in [2.45, 2.75) is 51.2 Å². The molecule has 6 heteroatoms. The Bertz CT molecular complexity index is 770. The molecule has 2 fully saturated rings. The third-order valence-corrected chi connectivity index (χ3v) is 6.16. The molecule has 0 unspecified atom stereocenters. The fourth-order valence-electron chi connectivity index (χ4n) is 3.82. The number of hydrogen-bond acceptors (Lipinski definition) is 4. The highest BCUT2D eigenvalue weighted by atomic mass is 32.1. The number of aromatic nitrogens is 3. The number of piperidine rings is 1. The van der Waals surface area contributed by atoms with Gasteiger partial charge < -0.3 is 9.30 Å². The molecule has 0 spiro atoms. The van der Waals surface area contributed by atoms with Gasteiger partial charge in [-0.1, -0.05) is 12.1 Å². The van der Waals surface area contributed by atoms with Gasteiger partial charge in [-0.3, -0.25) is 4.90 Å². The predicted molar refractivity (Wildman–Crippen MR) is 105 cm³/mol. The monoisotopic (exact) mass is 372 g/mol. The van der Waals surface area contributed by atoms with E-state index in [4.69, 9.17) is 17.0 Å². The Labute approximate surface area is 160 Å². The van der Waals surface area contributed by atoms with Crippen LogP contribution in [0, 0.1) is 10.7 Å². The van der Waals surface area contributed by atoms with E-state index in [0.29, 0.717) is 6.04 Å². The lowest BCUT2D eigenvalue weighted by molar-refractivity contribution is 0.136. The van der Waals surface area contributed by atoms with Crippen LogP contribution in [0.2, 0.25) is 0 Å². The highest BCUT2D eigenvalue weighted by molar-refractivity contribution is 7.71. The van der Waals surface area contributed by atoms with Crippen LogP contribution in [0.5, 0.6) is 5.75 Å². The molecule has 0 atom stereocenters. The Morgan fingerprint density at radius 1 is 1.12 bits per heavy atom. The van der Waals surface area contributed by atoms with Crippen molar-refractivity contribution >= 4 is 12.2 Å². The summed E-state index contributed by atoms with van der Waals surface area (Å²) >= 11 is 5.57. The molecular weight excluding hydrogens is 344 g/mol. The van der Waals surface area contributed by atoms with E-state index in [1.54, 1.807) is 7.11 Å². The molecule has 1 aliphatic heterocycles. The average molecular weight is 373 g/mol. The van der Waals surface area contributed by atoms with E-state index >= 15 is 0 Å².